The Bertz CT molecular complexity index is 529. The van der Waals surface area contributed by atoms with Crippen LogP contribution in [-0.4, -0.2) is 37.8 Å². The molecule has 0 aliphatic carbocycles. The number of hydrogen-bond acceptors (Lipinski definition) is 5. The lowest BCUT2D eigenvalue weighted by atomic mass is 10.3. The van der Waals surface area contributed by atoms with Crippen molar-refractivity contribution in [1.82, 2.24) is 0 Å². The van der Waals surface area contributed by atoms with Crippen LogP contribution in [0.1, 0.15) is 20.3 Å². The van der Waals surface area contributed by atoms with Crippen LogP contribution in [0.15, 0.2) is 36.9 Å². The molecule has 1 rings (SSSR count). The molecule has 0 saturated carbocycles. The zero-order chi connectivity index (χ0) is 17.1. The van der Waals surface area contributed by atoms with Crippen molar-refractivity contribution in [1.29, 1.82) is 0 Å². The SMILES string of the molecule is C=CCOC(C)C(=O)OCC(=O)Nc1ccccc1OCCC. The number of esters is 1. The standard InChI is InChI=1S/C17H23NO5/c1-4-10-21-13(3)17(20)23-12-16(19)18-14-8-6-7-9-15(14)22-11-5-2/h4,6-9,13H,1,5,10-12H2,2-3H3,(H,18,19). The Balaban J connectivity index is 2.47. The highest BCUT2D eigenvalue weighted by molar-refractivity contribution is 5.94. The van der Waals surface area contributed by atoms with Gasteiger partial charge in [0.1, 0.15) is 5.75 Å². The quantitative estimate of drug-likeness (QED) is 0.529. The minimum atomic E-state index is -0.749. The Labute approximate surface area is 136 Å². The molecular formula is C17H23NO5. The summed E-state index contributed by atoms with van der Waals surface area (Å²) in [6, 6.07) is 7.09. The average Bonchev–Trinajstić information content (AvgIpc) is 2.56. The Morgan fingerprint density at radius 1 is 1.35 bits per heavy atom. The van der Waals surface area contributed by atoms with E-state index in [9.17, 15) is 9.59 Å². The zero-order valence-corrected chi connectivity index (χ0v) is 13.5. The third kappa shape index (κ3) is 6.97. The molecule has 0 aliphatic rings. The lowest BCUT2D eigenvalue weighted by Crippen LogP contribution is -2.28. The van der Waals surface area contributed by atoms with Crippen molar-refractivity contribution in [3.8, 4) is 5.75 Å². The molecule has 1 unspecified atom stereocenters. The topological polar surface area (TPSA) is 73.9 Å². The maximum Gasteiger partial charge on any atom is 0.335 e. The van der Waals surface area contributed by atoms with Gasteiger partial charge in [0, 0.05) is 0 Å². The molecule has 0 aromatic heterocycles. The summed E-state index contributed by atoms with van der Waals surface area (Å²) >= 11 is 0. The number of benzene rings is 1. The first-order valence-corrected chi connectivity index (χ1v) is 7.49. The molecule has 6 nitrogen and oxygen atoms in total. The van der Waals surface area contributed by atoms with Crippen LogP contribution in [0.4, 0.5) is 5.69 Å². The number of anilines is 1. The van der Waals surface area contributed by atoms with Crippen LogP contribution < -0.4 is 10.1 Å². The van der Waals surface area contributed by atoms with E-state index in [1.807, 2.05) is 13.0 Å². The summed E-state index contributed by atoms with van der Waals surface area (Å²) in [5.41, 5.74) is 0.540. The molecule has 0 bridgehead atoms. The van der Waals surface area contributed by atoms with E-state index < -0.39 is 18.0 Å². The van der Waals surface area contributed by atoms with Gasteiger partial charge in [0.2, 0.25) is 0 Å². The zero-order valence-electron chi connectivity index (χ0n) is 13.5. The maximum atomic E-state index is 11.9. The van der Waals surface area contributed by atoms with Gasteiger partial charge in [-0.1, -0.05) is 25.1 Å². The van der Waals surface area contributed by atoms with Crippen molar-refractivity contribution in [2.75, 3.05) is 25.1 Å². The van der Waals surface area contributed by atoms with Crippen LogP contribution in [0.25, 0.3) is 0 Å². The summed E-state index contributed by atoms with van der Waals surface area (Å²) in [6.07, 6.45) is 1.65. The molecule has 0 spiro atoms. The summed E-state index contributed by atoms with van der Waals surface area (Å²) < 4.78 is 15.6. The summed E-state index contributed by atoms with van der Waals surface area (Å²) in [6.45, 7) is 7.45. The van der Waals surface area contributed by atoms with Gasteiger partial charge in [-0.15, -0.1) is 6.58 Å². The molecule has 1 aromatic rings. The van der Waals surface area contributed by atoms with Crippen LogP contribution in [-0.2, 0) is 19.1 Å². The van der Waals surface area contributed by atoms with Crippen molar-refractivity contribution in [3.05, 3.63) is 36.9 Å². The van der Waals surface area contributed by atoms with Gasteiger partial charge < -0.3 is 19.5 Å². The van der Waals surface area contributed by atoms with E-state index in [1.54, 1.807) is 25.1 Å². The molecule has 1 atom stereocenters. The van der Waals surface area contributed by atoms with Crippen molar-refractivity contribution >= 4 is 17.6 Å². The van der Waals surface area contributed by atoms with Crippen LogP contribution in [0.2, 0.25) is 0 Å². The first-order chi connectivity index (χ1) is 11.1. The molecule has 23 heavy (non-hydrogen) atoms. The number of amides is 1. The third-order valence-corrected chi connectivity index (χ3v) is 2.76. The number of hydrogen-bond donors (Lipinski definition) is 1. The fourth-order valence-corrected chi connectivity index (χ4v) is 1.63. The van der Waals surface area contributed by atoms with Crippen LogP contribution >= 0.6 is 0 Å². The smallest absolute Gasteiger partial charge is 0.335 e. The second kappa shape index (κ2) is 10.4. The van der Waals surface area contributed by atoms with Crippen molar-refractivity contribution in [2.24, 2.45) is 0 Å². The predicted octanol–water partition coefficient (Wildman–Crippen LogP) is 2.55. The Kier molecular flexibility index (Phi) is 8.46. The number of para-hydroxylation sites is 2. The van der Waals surface area contributed by atoms with Crippen LogP contribution in [0.5, 0.6) is 5.75 Å². The lowest BCUT2D eigenvalue weighted by molar-refractivity contribution is -0.157. The third-order valence-electron chi connectivity index (χ3n) is 2.76. The first-order valence-electron chi connectivity index (χ1n) is 7.49. The molecular weight excluding hydrogens is 298 g/mol. The molecule has 0 radical (unpaired) electrons. The number of ether oxygens (including phenoxy) is 3. The summed E-state index contributed by atoms with van der Waals surface area (Å²) in [5, 5.41) is 2.66. The van der Waals surface area contributed by atoms with E-state index in [0.717, 1.165) is 6.42 Å². The molecule has 1 amide bonds. The highest BCUT2D eigenvalue weighted by Crippen LogP contribution is 2.23. The van der Waals surface area contributed by atoms with Gasteiger partial charge in [-0.25, -0.2) is 4.79 Å². The fraction of sp³-hybridized carbons (Fsp3) is 0.412. The van der Waals surface area contributed by atoms with E-state index >= 15 is 0 Å². The van der Waals surface area contributed by atoms with E-state index in [1.165, 1.54) is 6.08 Å². The van der Waals surface area contributed by atoms with Gasteiger partial charge in [0.25, 0.3) is 5.91 Å². The molecule has 6 heteroatoms. The average molecular weight is 321 g/mol. The maximum absolute atomic E-state index is 11.9. The summed E-state index contributed by atoms with van der Waals surface area (Å²) in [5.74, 6) is -0.462. The summed E-state index contributed by atoms with van der Waals surface area (Å²) in [7, 11) is 0. The van der Waals surface area contributed by atoms with Crippen LogP contribution in [0, 0.1) is 0 Å². The van der Waals surface area contributed by atoms with Gasteiger partial charge in [-0.3, -0.25) is 4.79 Å². The van der Waals surface area contributed by atoms with Gasteiger partial charge in [-0.2, -0.15) is 0 Å². The highest BCUT2D eigenvalue weighted by Gasteiger charge is 2.16. The van der Waals surface area contributed by atoms with Gasteiger partial charge in [0.05, 0.1) is 18.9 Å². The van der Waals surface area contributed by atoms with Crippen molar-refractivity contribution < 1.29 is 23.8 Å². The molecule has 0 saturated heterocycles. The second-order valence-corrected chi connectivity index (χ2v) is 4.76. The van der Waals surface area contributed by atoms with Gasteiger partial charge in [-0.05, 0) is 25.5 Å². The monoisotopic (exact) mass is 321 g/mol. The predicted molar refractivity (Wildman–Crippen MR) is 87.4 cm³/mol. The first kappa shape index (κ1) is 18.7. The highest BCUT2D eigenvalue weighted by atomic mass is 16.6. The van der Waals surface area contributed by atoms with Gasteiger partial charge >= 0.3 is 5.97 Å². The minimum Gasteiger partial charge on any atom is -0.491 e. The summed E-state index contributed by atoms with van der Waals surface area (Å²) in [4.78, 5) is 23.5. The molecule has 0 fully saturated rings. The lowest BCUT2D eigenvalue weighted by Gasteiger charge is -2.13. The Morgan fingerprint density at radius 2 is 2.09 bits per heavy atom. The number of rotatable bonds is 10. The van der Waals surface area contributed by atoms with Gasteiger partial charge in [0.15, 0.2) is 12.7 Å². The second-order valence-electron chi connectivity index (χ2n) is 4.76. The van der Waals surface area contributed by atoms with Crippen molar-refractivity contribution in [2.45, 2.75) is 26.4 Å². The molecule has 126 valence electrons. The largest absolute Gasteiger partial charge is 0.491 e. The Hall–Kier alpha value is -2.34. The molecule has 1 N–H and O–H groups in total. The molecule has 1 aromatic carbocycles. The number of nitrogens with one attached hydrogen (secondary N) is 1. The van der Waals surface area contributed by atoms with E-state index in [4.69, 9.17) is 14.2 Å². The van der Waals surface area contributed by atoms with E-state index in [-0.39, 0.29) is 13.2 Å². The Morgan fingerprint density at radius 3 is 2.78 bits per heavy atom. The fourth-order valence-electron chi connectivity index (χ4n) is 1.63. The number of carbonyl (C=O) groups is 2. The van der Waals surface area contributed by atoms with Crippen molar-refractivity contribution in [3.63, 3.8) is 0 Å². The minimum absolute atomic E-state index is 0.241. The van der Waals surface area contributed by atoms with E-state index in [2.05, 4.69) is 11.9 Å². The van der Waals surface area contributed by atoms with E-state index in [0.29, 0.717) is 18.0 Å². The van der Waals surface area contributed by atoms with Crippen LogP contribution in [0.3, 0.4) is 0 Å². The number of carbonyl (C=O) groups excluding carboxylic acids is 2. The normalized spacial score (nSPS) is 11.4. The molecule has 0 heterocycles. The molecule has 0 aliphatic heterocycles.